The molecule has 0 N–H and O–H groups in total. The maximum absolute atomic E-state index is 13.5. The summed E-state index contributed by atoms with van der Waals surface area (Å²) in [5, 5.41) is 0. The molecule has 5 rings (SSSR count). The molecule has 5 heteroatoms. The number of furan rings is 1. The van der Waals surface area contributed by atoms with E-state index in [-0.39, 0.29) is 5.91 Å². The fourth-order valence-electron chi connectivity index (χ4n) is 4.51. The number of para-hydroxylation sites is 1. The van der Waals surface area contributed by atoms with Crippen LogP contribution in [0.3, 0.4) is 0 Å². The largest absolute Gasteiger partial charge is 0.460 e. The third-order valence-electron chi connectivity index (χ3n) is 6.14. The van der Waals surface area contributed by atoms with Crippen LogP contribution in [0.2, 0.25) is 0 Å². The smallest absolute Gasteiger partial charge is 0.270 e. The summed E-state index contributed by atoms with van der Waals surface area (Å²) < 4.78 is 7.95. The first-order chi connectivity index (χ1) is 15.1. The summed E-state index contributed by atoms with van der Waals surface area (Å²) in [5.41, 5.74) is 6.14. The van der Waals surface area contributed by atoms with Crippen LogP contribution >= 0.6 is 0 Å². The monoisotopic (exact) mass is 413 g/mol. The van der Waals surface area contributed by atoms with Crippen molar-refractivity contribution in [3.05, 3.63) is 89.3 Å². The maximum Gasteiger partial charge on any atom is 0.270 e. The Bertz CT molecular complexity index is 1210. The van der Waals surface area contributed by atoms with E-state index in [1.54, 1.807) is 0 Å². The molecule has 2 aromatic heterocycles. The summed E-state index contributed by atoms with van der Waals surface area (Å²) in [6, 6.07) is 22.6. The highest BCUT2D eigenvalue weighted by molar-refractivity contribution is 5.98. The van der Waals surface area contributed by atoms with Crippen molar-refractivity contribution in [3.8, 4) is 0 Å². The highest BCUT2D eigenvalue weighted by Gasteiger charge is 2.27. The van der Waals surface area contributed by atoms with Crippen LogP contribution in [0.4, 0.5) is 5.69 Å². The highest BCUT2D eigenvalue weighted by Crippen LogP contribution is 2.27. The molecule has 0 atom stereocenters. The minimum atomic E-state index is 0.0735. The third kappa shape index (κ3) is 3.72. The maximum atomic E-state index is 13.5. The minimum absolute atomic E-state index is 0.0735. The molecule has 158 valence electrons. The Kier molecular flexibility index (Phi) is 5.02. The number of benzene rings is 2. The number of aromatic nitrogens is 1. The zero-order valence-corrected chi connectivity index (χ0v) is 18.0. The van der Waals surface area contributed by atoms with Crippen molar-refractivity contribution in [1.82, 2.24) is 9.47 Å². The number of anilines is 1. The topological polar surface area (TPSA) is 41.6 Å². The second-order valence-electron chi connectivity index (χ2n) is 8.27. The van der Waals surface area contributed by atoms with Crippen molar-refractivity contribution in [2.24, 2.45) is 0 Å². The number of piperazine rings is 1. The summed E-state index contributed by atoms with van der Waals surface area (Å²) in [4.78, 5) is 17.9. The summed E-state index contributed by atoms with van der Waals surface area (Å²) >= 11 is 0. The molecule has 1 aliphatic heterocycles. The number of amides is 1. The average Bonchev–Trinajstić information content (AvgIpc) is 3.31. The van der Waals surface area contributed by atoms with Crippen LogP contribution in [0.1, 0.15) is 27.4 Å². The van der Waals surface area contributed by atoms with Gasteiger partial charge in [-0.15, -0.1) is 0 Å². The van der Waals surface area contributed by atoms with Gasteiger partial charge in [-0.1, -0.05) is 48.5 Å². The van der Waals surface area contributed by atoms with E-state index < -0.39 is 0 Å². The van der Waals surface area contributed by atoms with Gasteiger partial charge >= 0.3 is 0 Å². The van der Waals surface area contributed by atoms with Crippen molar-refractivity contribution < 1.29 is 9.21 Å². The molecule has 1 aliphatic rings. The van der Waals surface area contributed by atoms with Gasteiger partial charge in [-0.3, -0.25) is 4.79 Å². The van der Waals surface area contributed by atoms with E-state index in [0.717, 1.165) is 35.5 Å². The first-order valence-electron chi connectivity index (χ1n) is 10.8. The van der Waals surface area contributed by atoms with Gasteiger partial charge in [0, 0.05) is 50.5 Å². The van der Waals surface area contributed by atoms with Gasteiger partial charge in [0.2, 0.25) is 0 Å². The SMILES string of the molecule is Cc1cc2c(cc(C(=O)N3CCN(c4ccccc4C)CC3)n2Cc2ccccc2)o1. The lowest BCUT2D eigenvalue weighted by Gasteiger charge is -2.37. The van der Waals surface area contributed by atoms with Gasteiger partial charge in [0.15, 0.2) is 5.58 Å². The van der Waals surface area contributed by atoms with Crippen molar-refractivity contribution in [1.29, 1.82) is 0 Å². The standard InChI is InChI=1S/C26H27N3O2/c1-19-8-6-7-11-22(19)27-12-14-28(15-13-27)26(30)24-17-25-23(16-20(2)31-25)29(24)18-21-9-4-3-5-10-21/h3-11,16-17H,12-15,18H2,1-2H3. The van der Waals surface area contributed by atoms with Crippen LogP contribution in [0.5, 0.6) is 0 Å². The van der Waals surface area contributed by atoms with E-state index in [1.165, 1.54) is 11.3 Å². The van der Waals surface area contributed by atoms with Crippen molar-refractivity contribution >= 4 is 22.7 Å². The number of fused-ring (bicyclic) bond motifs is 1. The van der Waals surface area contributed by atoms with Gasteiger partial charge < -0.3 is 18.8 Å². The van der Waals surface area contributed by atoms with Gasteiger partial charge in [0.1, 0.15) is 11.5 Å². The Balaban J connectivity index is 1.39. The van der Waals surface area contributed by atoms with E-state index in [2.05, 4.69) is 52.8 Å². The molecule has 2 aromatic carbocycles. The van der Waals surface area contributed by atoms with Crippen LogP contribution in [0, 0.1) is 13.8 Å². The second-order valence-corrected chi connectivity index (χ2v) is 8.27. The summed E-state index contributed by atoms with van der Waals surface area (Å²) in [7, 11) is 0. The third-order valence-corrected chi connectivity index (χ3v) is 6.14. The van der Waals surface area contributed by atoms with E-state index in [9.17, 15) is 4.79 Å². The van der Waals surface area contributed by atoms with Crippen LogP contribution in [0.15, 0.2) is 71.1 Å². The predicted octanol–water partition coefficient (Wildman–Crippen LogP) is 4.86. The van der Waals surface area contributed by atoms with Gasteiger partial charge in [-0.25, -0.2) is 0 Å². The highest BCUT2D eigenvalue weighted by atomic mass is 16.3. The van der Waals surface area contributed by atoms with Crippen LogP contribution in [-0.4, -0.2) is 41.6 Å². The fraction of sp³-hybridized carbons (Fsp3) is 0.269. The van der Waals surface area contributed by atoms with Crippen LogP contribution < -0.4 is 4.90 Å². The van der Waals surface area contributed by atoms with E-state index in [0.29, 0.717) is 25.3 Å². The number of hydrogen-bond acceptors (Lipinski definition) is 3. The van der Waals surface area contributed by atoms with Gasteiger partial charge in [0.25, 0.3) is 5.91 Å². The molecule has 0 radical (unpaired) electrons. The quantitative estimate of drug-likeness (QED) is 0.480. The molecule has 1 fully saturated rings. The second kappa shape index (κ2) is 7.99. The molecular weight excluding hydrogens is 386 g/mol. The van der Waals surface area contributed by atoms with Crippen LogP contribution in [-0.2, 0) is 6.54 Å². The van der Waals surface area contributed by atoms with Gasteiger partial charge in [-0.2, -0.15) is 0 Å². The number of nitrogens with zero attached hydrogens (tertiary/aromatic N) is 3. The molecule has 3 heterocycles. The molecule has 1 amide bonds. The molecule has 1 saturated heterocycles. The molecule has 0 unspecified atom stereocenters. The fourth-order valence-corrected chi connectivity index (χ4v) is 4.51. The molecule has 0 aliphatic carbocycles. The van der Waals surface area contributed by atoms with Crippen LogP contribution in [0.25, 0.3) is 11.1 Å². The zero-order valence-electron chi connectivity index (χ0n) is 18.0. The van der Waals surface area contributed by atoms with Gasteiger partial charge in [0.05, 0.1) is 5.52 Å². The Hall–Kier alpha value is -3.47. The Morgan fingerprint density at radius 2 is 1.61 bits per heavy atom. The number of aryl methyl sites for hydroxylation is 2. The lowest BCUT2D eigenvalue weighted by atomic mass is 10.1. The lowest BCUT2D eigenvalue weighted by molar-refractivity contribution is 0.0737. The molecule has 5 nitrogen and oxygen atoms in total. The summed E-state index contributed by atoms with van der Waals surface area (Å²) in [6.45, 7) is 7.83. The first kappa shape index (κ1) is 19.5. The first-order valence-corrected chi connectivity index (χ1v) is 10.8. The lowest BCUT2D eigenvalue weighted by Crippen LogP contribution is -2.49. The molecule has 0 bridgehead atoms. The van der Waals surface area contributed by atoms with E-state index in [4.69, 9.17) is 4.42 Å². The number of carbonyl (C=O) groups excluding carboxylic acids is 1. The van der Waals surface area contributed by atoms with Gasteiger partial charge in [-0.05, 0) is 31.0 Å². The number of carbonyl (C=O) groups is 1. The molecular formula is C26H27N3O2. The van der Waals surface area contributed by atoms with E-state index in [1.807, 2.05) is 42.2 Å². The minimum Gasteiger partial charge on any atom is -0.460 e. The zero-order chi connectivity index (χ0) is 21.4. The summed E-state index contributed by atoms with van der Waals surface area (Å²) in [5.74, 6) is 0.932. The molecule has 0 saturated carbocycles. The normalized spacial score (nSPS) is 14.4. The Morgan fingerprint density at radius 3 is 2.35 bits per heavy atom. The van der Waals surface area contributed by atoms with Crippen molar-refractivity contribution in [2.45, 2.75) is 20.4 Å². The molecule has 4 aromatic rings. The Labute approximate surface area is 182 Å². The van der Waals surface area contributed by atoms with E-state index >= 15 is 0 Å². The average molecular weight is 414 g/mol. The molecule has 0 spiro atoms. The van der Waals surface area contributed by atoms with Crippen molar-refractivity contribution in [3.63, 3.8) is 0 Å². The Morgan fingerprint density at radius 1 is 0.903 bits per heavy atom. The van der Waals surface area contributed by atoms with Crippen molar-refractivity contribution in [2.75, 3.05) is 31.1 Å². The summed E-state index contributed by atoms with van der Waals surface area (Å²) in [6.07, 6.45) is 0. The number of hydrogen-bond donors (Lipinski definition) is 0. The number of rotatable bonds is 4. The predicted molar refractivity (Wildman–Crippen MR) is 124 cm³/mol. The molecule has 31 heavy (non-hydrogen) atoms.